The number of carbonyl (C=O) groups is 3. The van der Waals surface area contributed by atoms with Gasteiger partial charge in [-0.25, -0.2) is 4.79 Å². The van der Waals surface area contributed by atoms with Crippen molar-refractivity contribution in [1.82, 2.24) is 0 Å². The summed E-state index contributed by atoms with van der Waals surface area (Å²) < 4.78 is 33.9. The van der Waals surface area contributed by atoms with Gasteiger partial charge in [0.05, 0.1) is 67.7 Å². The number of unbranched alkanes of at least 4 members (excludes halogenated alkanes) is 2. The SMILES string of the molecule is CC1O[C@@H](O[C@H](C)CCCC[C@@H](O)CC(=O)O)C(O)C[C@H]1O.CCOC(=O)C[C@H](O)CCCC[C@@H](C)O[C@@H]1OC(C)[C@H](C)CC1OC(=O)c1ccccc1. The average molecular weight is 771 g/mol. The molecule has 2 saturated heterocycles. The van der Waals surface area contributed by atoms with Crippen LogP contribution in [-0.2, 0) is 38.0 Å². The van der Waals surface area contributed by atoms with Gasteiger partial charge in [-0.15, -0.1) is 0 Å². The number of ether oxygens (including phenoxy) is 6. The van der Waals surface area contributed by atoms with E-state index in [1.165, 1.54) is 0 Å². The number of hydrogen-bond acceptors (Lipinski definition) is 13. The lowest BCUT2D eigenvalue weighted by molar-refractivity contribution is -0.273. The molecule has 2 aliphatic rings. The van der Waals surface area contributed by atoms with Crippen molar-refractivity contribution >= 4 is 17.9 Å². The highest BCUT2D eigenvalue weighted by Gasteiger charge is 2.38. The van der Waals surface area contributed by atoms with Gasteiger partial charge in [-0.2, -0.15) is 0 Å². The fourth-order valence-electron chi connectivity index (χ4n) is 6.21. The topological polar surface area (TPSA) is 208 Å². The Kier molecular flexibility index (Phi) is 22.4. The van der Waals surface area contributed by atoms with Gasteiger partial charge in [0.2, 0.25) is 0 Å². The van der Waals surface area contributed by atoms with E-state index in [-0.39, 0.29) is 61.5 Å². The summed E-state index contributed by atoms with van der Waals surface area (Å²) in [6.45, 7) is 11.7. The molecule has 0 saturated carbocycles. The van der Waals surface area contributed by atoms with Gasteiger partial charge in [-0.3, -0.25) is 9.59 Å². The van der Waals surface area contributed by atoms with Crippen molar-refractivity contribution in [3.8, 4) is 0 Å². The predicted octanol–water partition coefficient (Wildman–Crippen LogP) is 4.91. The molecule has 5 N–H and O–H groups in total. The third kappa shape index (κ3) is 18.8. The van der Waals surface area contributed by atoms with Crippen LogP contribution in [-0.4, -0.2) is 118 Å². The van der Waals surface area contributed by atoms with Crippen LogP contribution in [0.3, 0.4) is 0 Å². The van der Waals surface area contributed by atoms with Crippen LogP contribution in [0.2, 0.25) is 0 Å². The molecule has 2 fully saturated rings. The lowest BCUT2D eigenvalue weighted by Gasteiger charge is -2.39. The maximum atomic E-state index is 12.5. The van der Waals surface area contributed by atoms with Gasteiger partial charge in [0.25, 0.3) is 0 Å². The molecule has 3 rings (SSSR count). The summed E-state index contributed by atoms with van der Waals surface area (Å²) in [5, 5.41) is 47.3. The van der Waals surface area contributed by atoms with Crippen LogP contribution in [0.5, 0.6) is 0 Å². The molecule has 0 amide bonds. The number of esters is 2. The molecule has 2 heterocycles. The number of benzene rings is 1. The molecule has 0 aromatic heterocycles. The number of aliphatic carboxylic acids is 1. The highest BCUT2D eigenvalue weighted by Crippen LogP contribution is 2.30. The van der Waals surface area contributed by atoms with E-state index in [0.29, 0.717) is 37.9 Å². The number of aliphatic hydroxyl groups is 4. The van der Waals surface area contributed by atoms with Crippen molar-refractivity contribution in [3.05, 3.63) is 35.9 Å². The van der Waals surface area contributed by atoms with E-state index >= 15 is 0 Å². The molecule has 0 aliphatic carbocycles. The molecule has 1 aromatic carbocycles. The number of aliphatic hydroxyl groups excluding tert-OH is 4. The molecular weight excluding hydrogens is 704 g/mol. The van der Waals surface area contributed by atoms with Crippen LogP contribution < -0.4 is 0 Å². The number of carbonyl (C=O) groups excluding carboxylic acids is 2. The quantitative estimate of drug-likeness (QED) is 0.0832. The second-order valence-electron chi connectivity index (χ2n) is 14.7. The first-order chi connectivity index (χ1) is 25.6. The van der Waals surface area contributed by atoms with Gasteiger partial charge in [-0.1, -0.05) is 50.8 Å². The Morgan fingerprint density at radius 3 is 1.87 bits per heavy atom. The van der Waals surface area contributed by atoms with Crippen LogP contribution in [0.25, 0.3) is 0 Å². The Labute approximate surface area is 320 Å². The van der Waals surface area contributed by atoms with Gasteiger partial charge in [0.15, 0.2) is 18.7 Å². The van der Waals surface area contributed by atoms with Gasteiger partial charge in [-0.05, 0) is 84.8 Å². The highest BCUT2D eigenvalue weighted by atomic mass is 16.7. The van der Waals surface area contributed by atoms with Crippen LogP contribution in [0, 0.1) is 5.92 Å². The summed E-state index contributed by atoms with van der Waals surface area (Å²) in [5.41, 5.74) is 0.506. The minimum absolute atomic E-state index is 0.0110. The average Bonchev–Trinajstić information content (AvgIpc) is 3.10. The minimum Gasteiger partial charge on any atom is -0.481 e. The summed E-state index contributed by atoms with van der Waals surface area (Å²) in [6, 6.07) is 8.92. The molecule has 0 bridgehead atoms. The van der Waals surface area contributed by atoms with E-state index in [4.69, 9.17) is 33.5 Å². The third-order valence-electron chi connectivity index (χ3n) is 9.66. The molecule has 14 heteroatoms. The normalized spacial score (nSPS) is 27.7. The smallest absolute Gasteiger partial charge is 0.338 e. The molecule has 2 aliphatic heterocycles. The summed E-state index contributed by atoms with van der Waals surface area (Å²) in [4.78, 5) is 34.4. The Hall–Kier alpha value is -2.69. The second kappa shape index (κ2) is 25.5. The number of carboxylic acids is 1. The molecule has 310 valence electrons. The molecule has 12 atom stereocenters. The van der Waals surface area contributed by atoms with Crippen LogP contribution in [0.4, 0.5) is 0 Å². The molecule has 14 nitrogen and oxygen atoms in total. The van der Waals surface area contributed by atoms with E-state index in [0.717, 1.165) is 32.1 Å². The van der Waals surface area contributed by atoms with E-state index in [1.807, 2.05) is 26.8 Å². The molecule has 1 aromatic rings. The maximum absolute atomic E-state index is 12.5. The van der Waals surface area contributed by atoms with Crippen LogP contribution in [0.1, 0.15) is 129 Å². The highest BCUT2D eigenvalue weighted by molar-refractivity contribution is 5.89. The van der Waals surface area contributed by atoms with Crippen LogP contribution in [0.15, 0.2) is 30.3 Å². The van der Waals surface area contributed by atoms with Gasteiger partial charge >= 0.3 is 17.9 Å². The standard InChI is InChI=1S/C25H38O7.C15H28O7/c1-5-29-23(27)16-21(26)14-10-9-11-18(3)30-25-22(15-17(2)19(4)31-25)32-24(28)20-12-7-6-8-13-20;1-9(5-3-4-6-11(16)7-14(19)20)21-15-13(18)8-12(17)10(2)22-15/h6-8,12-13,17-19,21-22,25-26H,5,9-11,14-16H2,1-4H3;9-13,15-18H,3-8H2,1-2H3,(H,19,20)/t17-,18-,19?,21-,22?,25-;9-,10?,11-,12-,13?,15-/m11/s1. The number of hydrogen-bond donors (Lipinski definition) is 5. The molecule has 0 radical (unpaired) electrons. The summed E-state index contributed by atoms with van der Waals surface area (Å²) in [6.07, 6.45) is 0.919. The van der Waals surface area contributed by atoms with Gasteiger partial charge < -0.3 is 54.0 Å². The van der Waals surface area contributed by atoms with Crippen LogP contribution >= 0.6 is 0 Å². The molecular formula is C40H66O14. The zero-order valence-electron chi connectivity index (χ0n) is 32.9. The number of carboxylic acid groups (broad SMARTS) is 1. The third-order valence-corrected chi connectivity index (χ3v) is 9.66. The van der Waals surface area contributed by atoms with E-state index in [9.17, 15) is 34.8 Å². The largest absolute Gasteiger partial charge is 0.481 e. The molecule has 54 heavy (non-hydrogen) atoms. The fourth-order valence-corrected chi connectivity index (χ4v) is 6.21. The Morgan fingerprint density at radius 2 is 1.30 bits per heavy atom. The first kappa shape index (κ1) is 47.5. The lowest BCUT2D eigenvalue weighted by atomic mass is 9.95. The lowest BCUT2D eigenvalue weighted by Crippen LogP contribution is -2.48. The van der Waals surface area contributed by atoms with Crippen molar-refractivity contribution in [2.24, 2.45) is 5.92 Å². The number of rotatable bonds is 21. The fraction of sp³-hybridized carbons (Fsp3) is 0.775. The predicted molar refractivity (Wildman–Crippen MR) is 198 cm³/mol. The molecule has 4 unspecified atom stereocenters. The summed E-state index contributed by atoms with van der Waals surface area (Å²) >= 11 is 0. The van der Waals surface area contributed by atoms with Gasteiger partial charge in [0.1, 0.15) is 6.10 Å². The maximum Gasteiger partial charge on any atom is 0.338 e. The van der Waals surface area contributed by atoms with E-state index in [2.05, 4.69) is 6.92 Å². The first-order valence-corrected chi connectivity index (χ1v) is 19.6. The van der Waals surface area contributed by atoms with Crippen molar-refractivity contribution in [2.45, 2.75) is 186 Å². The minimum atomic E-state index is -0.996. The van der Waals surface area contributed by atoms with Crippen molar-refractivity contribution in [1.29, 1.82) is 0 Å². The zero-order chi connectivity index (χ0) is 40.2. The van der Waals surface area contributed by atoms with Crippen molar-refractivity contribution in [3.63, 3.8) is 0 Å². The summed E-state index contributed by atoms with van der Waals surface area (Å²) in [7, 11) is 0. The first-order valence-electron chi connectivity index (χ1n) is 19.6. The zero-order valence-corrected chi connectivity index (χ0v) is 32.9. The van der Waals surface area contributed by atoms with E-state index in [1.54, 1.807) is 38.1 Å². The van der Waals surface area contributed by atoms with Gasteiger partial charge in [0, 0.05) is 6.42 Å². The second-order valence-corrected chi connectivity index (χ2v) is 14.7. The summed E-state index contributed by atoms with van der Waals surface area (Å²) in [5.74, 6) is -1.49. The Balaban J connectivity index is 0.000000401. The van der Waals surface area contributed by atoms with Crippen molar-refractivity contribution in [2.75, 3.05) is 6.61 Å². The Morgan fingerprint density at radius 1 is 0.759 bits per heavy atom. The van der Waals surface area contributed by atoms with Crippen molar-refractivity contribution < 1.29 is 68.3 Å². The monoisotopic (exact) mass is 770 g/mol. The van der Waals surface area contributed by atoms with E-state index < -0.39 is 49.1 Å². The Bertz CT molecular complexity index is 1200. The molecule has 0 spiro atoms.